The summed E-state index contributed by atoms with van der Waals surface area (Å²) < 4.78 is 5.92. The summed E-state index contributed by atoms with van der Waals surface area (Å²) in [4.78, 5) is 0. The SMILES string of the molecule is C=C1CCC(Oc2ccc(C)cc2)CC1. The van der Waals surface area contributed by atoms with Crippen molar-refractivity contribution in [2.45, 2.75) is 38.7 Å². The molecule has 0 N–H and O–H groups in total. The first-order valence-corrected chi connectivity index (χ1v) is 5.64. The fourth-order valence-corrected chi connectivity index (χ4v) is 1.93. The first kappa shape index (κ1) is 10.3. The third-order valence-electron chi connectivity index (χ3n) is 2.96. The van der Waals surface area contributed by atoms with Gasteiger partial charge in [-0.15, -0.1) is 0 Å². The van der Waals surface area contributed by atoms with E-state index in [0.29, 0.717) is 6.10 Å². The summed E-state index contributed by atoms with van der Waals surface area (Å²) in [6.07, 6.45) is 4.87. The molecule has 0 unspecified atom stereocenters. The minimum Gasteiger partial charge on any atom is -0.490 e. The number of rotatable bonds is 2. The second-order valence-corrected chi connectivity index (χ2v) is 4.38. The summed E-state index contributed by atoms with van der Waals surface area (Å²) in [5.74, 6) is 0.998. The van der Waals surface area contributed by atoms with E-state index in [1.54, 1.807) is 0 Å². The van der Waals surface area contributed by atoms with Gasteiger partial charge in [0.15, 0.2) is 0 Å². The van der Waals surface area contributed by atoms with Gasteiger partial charge in [-0.1, -0.05) is 29.8 Å². The van der Waals surface area contributed by atoms with E-state index in [9.17, 15) is 0 Å². The van der Waals surface area contributed by atoms with E-state index in [4.69, 9.17) is 4.74 Å². The van der Waals surface area contributed by atoms with Gasteiger partial charge in [-0.2, -0.15) is 0 Å². The van der Waals surface area contributed by atoms with Gasteiger partial charge in [-0.05, 0) is 44.7 Å². The predicted molar refractivity (Wildman–Crippen MR) is 63.2 cm³/mol. The van der Waals surface area contributed by atoms with Gasteiger partial charge in [0.25, 0.3) is 0 Å². The van der Waals surface area contributed by atoms with Gasteiger partial charge >= 0.3 is 0 Å². The van der Waals surface area contributed by atoms with Crippen molar-refractivity contribution < 1.29 is 4.74 Å². The Morgan fingerprint density at radius 2 is 1.73 bits per heavy atom. The number of hydrogen-bond donors (Lipinski definition) is 0. The quantitative estimate of drug-likeness (QED) is 0.661. The Morgan fingerprint density at radius 1 is 1.13 bits per heavy atom. The van der Waals surface area contributed by atoms with Crippen molar-refractivity contribution in [1.82, 2.24) is 0 Å². The maximum absolute atomic E-state index is 5.92. The molecule has 0 saturated heterocycles. The molecule has 0 heterocycles. The Hall–Kier alpha value is -1.24. The van der Waals surface area contributed by atoms with Crippen LogP contribution in [0, 0.1) is 6.92 Å². The molecule has 0 aromatic heterocycles. The van der Waals surface area contributed by atoms with Crippen molar-refractivity contribution in [2.75, 3.05) is 0 Å². The van der Waals surface area contributed by atoms with E-state index in [0.717, 1.165) is 31.4 Å². The minimum atomic E-state index is 0.387. The molecule has 0 atom stereocenters. The molecular formula is C14H18O. The zero-order valence-corrected chi connectivity index (χ0v) is 9.33. The van der Waals surface area contributed by atoms with Crippen LogP contribution in [0.25, 0.3) is 0 Å². The zero-order chi connectivity index (χ0) is 10.7. The van der Waals surface area contributed by atoms with Crippen molar-refractivity contribution in [3.8, 4) is 5.75 Å². The lowest BCUT2D eigenvalue weighted by molar-refractivity contribution is 0.169. The first-order chi connectivity index (χ1) is 7.24. The molecule has 1 nitrogen and oxygen atoms in total. The number of allylic oxidation sites excluding steroid dienone is 1. The third-order valence-corrected chi connectivity index (χ3v) is 2.96. The topological polar surface area (TPSA) is 9.23 Å². The lowest BCUT2D eigenvalue weighted by atomic mass is 9.94. The summed E-state index contributed by atoms with van der Waals surface area (Å²) in [6, 6.07) is 8.30. The van der Waals surface area contributed by atoms with Crippen LogP contribution in [-0.2, 0) is 0 Å². The van der Waals surface area contributed by atoms with Crippen LogP contribution in [0.4, 0.5) is 0 Å². The smallest absolute Gasteiger partial charge is 0.119 e. The highest BCUT2D eigenvalue weighted by Crippen LogP contribution is 2.25. The summed E-state index contributed by atoms with van der Waals surface area (Å²) in [7, 11) is 0. The van der Waals surface area contributed by atoms with Crippen molar-refractivity contribution in [2.24, 2.45) is 0 Å². The van der Waals surface area contributed by atoms with E-state index in [1.807, 2.05) is 0 Å². The van der Waals surface area contributed by atoms with Crippen LogP contribution in [0.5, 0.6) is 5.75 Å². The molecule has 1 fully saturated rings. The second-order valence-electron chi connectivity index (χ2n) is 4.38. The Kier molecular flexibility index (Phi) is 3.10. The first-order valence-electron chi connectivity index (χ1n) is 5.64. The molecule has 1 aromatic carbocycles. The number of aryl methyl sites for hydroxylation is 1. The van der Waals surface area contributed by atoms with Crippen molar-refractivity contribution in [3.05, 3.63) is 42.0 Å². The van der Waals surface area contributed by atoms with Crippen molar-refractivity contribution >= 4 is 0 Å². The van der Waals surface area contributed by atoms with Crippen LogP contribution >= 0.6 is 0 Å². The molecule has 1 aliphatic rings. The van der Waals surface area contributed by atoms with Gasteiger partial charge in [0.05, 0.1) is 6.10 Å². The monoisotopic (exact) mass is 202 g/mol. The molecule has 2 rings (SSSR count). The number of benzene rings is 1. The van der Waals surface area contributed by atoms with E-state index < -0.39 is 0 Å². The molecule has 80 valence electrons. The van der Waals surface area contributed by atoms with Crippen LogP contribution in [-0.4, -0.2) is 6.10 Å². The van der Waals surface area contributed by atoms with Crippen LogP contribution in [0.1, 0.15) is 31.2 Å². The van der Waals surface area contributed by atoms with E-state index >= 15 is 0 Å². The molecule has 0 aliphatic heterocycles. The normalized spacial score (nSPS) is 17.8. The zero-order valence-electron chi connectivity index (χ0n) is 9.33. The Bertz CT molecular complexity index is 327. The molecular weight excluding hydrogens is 184 g/mol. The summed E-state index contributed by atoms with van der Waals surface area (Å²) in [6.45, 7) is 6.10. The average Bonchev–Trinajstić information content (AvgIpc) is 2.25. The second kappa shape index (κ2) is 4.52. The highest BCUT2D eigenvalue weighted by Gasteiger charge is 2.16. The average molecular weight is 202 g/mol. The van der Waals surface area contributed by atoms with Crippen molar-refractivity contribution in [1.29, 1.82) is 0 Å². The Labute approximate surface area is 91.8 Å². The van der Waals surface area contributed by atoms with E-state index in [2.05, 4.69) is 37.8 Å². The molecule has 0 amide bonds. The summed E-state index contributed by atoms with van der Waals surface area (Å²) in [5.41, 5.74) is 2.65. The van der Waals surface area contributed by atoms with Gasteiger partial charge in [0.2, 0.25) is 0 Å². The van der Waals surface area contributed by atoms with Gasteiger partial charge in [0.1, 0.15) is 5.75 Å². The summed E-state index contributed by atoms with van der Waals surface area (Å²) >= 11 is 0. The maximum atomic E-state index is 5.92. The van der Waals surface area contributed by atoms with Gasteiger partial charge in [0, 0.05) is 0 Å². The standard InChI is InChI=1S/C14H18O/c1-11-3-7-13(8-4-11)15-14-9-5-12(2)6-10-14/h5-6,9-10,13H,1,3-4,7-8H2,2H3. The Balaban J connectivity index is 1.91. The van der Waals surface area contributed by atoms with Crippen LogP contribution < -0.4 is 4.74 Å². The molecule has 0 radical (unpaired) electrons. The molecule has 0 bridgehead atoms. The molecule has 1 aromatic rings. The molecule has 1 heteroatoms. The number of ether oxygens (including phenoxy) is 1. The highest BCUT2D eigenvalue weighted by molar-refractivity contribution is 5.26. The molecule has 1 aliphatic carbocycles. The highest BCUT2D eigenvalue weighted by atomic mass is 16.5. The largest absolute Gasteiger partial charge is 0.490 e. The maximum Gasteiger partial charge on any atom is 0.119 e. The van der Waals surface area contributed by atoms with Crippen LogP contribution in [0.15, 0.2) is 36.4 Å². The minimum absolute atomic E-state index is 0.387. The third kappa shape index (κ3) is 2.85. The van der Waals surface area contributed by atoms with Gasteiger partial charge in [-0.25, -0.2) is 0 Å². The van der Waals surface area contributed by atoms with Crippen molar-refractivity contribution in [3.63, 3.8) is 0 Å². The summed E-state index contributed by atoms with van der Waals surface area (Å²) in [5, 5.41) is 0. The van der Waals surface area contributed by atoms with Crippen LogP contribution in [0.3, 0.4) is 0 Å². The number of hydrogen-bond acceptors (Lipinski definition) is 1. The Morgan fingerprint density at radius 3 is 2.33 bits per heavy atom. The fourth-order valence-electron chi connectivity index (χ4n) is 1.93. The van der Waals surface area contributed by atoms with Gasteiger partial charge < -0.3 is 4.74 Å². The molecule has 0 spiro atoms. The van der Waals surface area contributed by atoms with Crippen LogP contribution in [0.2, 0.25) is 0 Å². The molecule has 15 heavy (non-hydrogen) atoms. The fraction of sp³-hybridized carbons (Fsp3) is 0.429. The lowest BCUT2D eigenvalue weighted by Crippen LogP contribution is -2.20. The van der Waals surface area contributed by atoms with E-state index in [-0.39, 0.29) is 0 Å². The van der Waals surface area contributed by atoms with Gasteiger partial charge in [-0.3, -0.25) is 0 Å². The van der Waals surface area contributed by atoms with E-state index in [1.165, 1.54) is 11.1 Å². The predicted octanol–water partition coefficient (Wildman–Crippen LogP) is 3.87. The lowest BCUT2D eigenvalue weighted by Gasteiger charge is -2.24. The molecule has 1 saturated carbocycles.